The van der Waals surface area contributed by atoms with E-state index < -0.39 is 0 Å². The van der Waals surface area contributed by atoms with Crippen LogP contribution in [0.3, 0.4) is 0 Å². The maximum absolute atomic E-state index is 6.07. The molecule has 0 unspecified atom stereocenters. The predicted octanol–water partition coefficient (Wildman–Crippen LogP) is 1.66. The van der Waals surface area contributed by atoms with Crippen molar-refractivity contribution in [1.82, 2.24) is 19.6 Å². The Bertz CT molecular complexity index is 520. The third-order valence-electron chi connectivity index (χ3n) is 2.45. The Labute approximate surface area is 91.0 Å². The highest BCUT2D eigenvalue weighted by molar-refractivity contribution is 6.29. The van der Waals surface area contributed by atoms with Crippen LogP contribution >= 0.6 is 11.6 Å². The van der Waals surface area contributed by atoms with Crippen LogP contribution in [0.4, 0.5) is 0 Å². The number of fused-ring (bicyclic) bond motifs is 1. The van der Waals surface area contributed by atoms with Crippen molar-refractivity contribution in [3.63, 3.8) is 0 Å². The smallest absolute Gasteiger partial charge is 0.337 e. The number of hydrogen-bond acceptors (Lipinski definition) is 4. The monoisotopic (exact) mass is 224 g/mol. The lowest BCUT2D eigenvalue weighted by atomic mass is 10.3. The molecule has 0 amide bonds. The Morgan fingerprint density at radius 2 is 2.27 bits per heavy atom. The lowest BCUT2D eigenvalue weighted by Gasteiger charge is -1.98. The van der Waals surface area contributed by atoms with Gasteiger partial charge < -0.3 is 4.74 Å². The van der Waals surface area contributed by atoms with Crippen LogP contribution in [-0.2, 0) is 0 Å². The van der Waals surface area contributed by atoms with E-state index in [2.05, 4.69) is 15.1 Å². The minimum atomic E-state index is 0.289. The van der Waals surface area contributed by atoms with Crippen LogP contribution in [-0.4, -0.2) is 26.7 Å². The van der Waals surface area contributed by atoms with E-state index in [0.717, 1.165) is 5.69 Å². The van der Waals surface area contributed by atoms with Crippen LogP contribution in [0.1, 0.15) is 24.5 Å². The highest BCUT2D eigenvalue weighted by Crippen LogP contribution is 2.39. The molecule has 1 aliphatic carbocycles. The molecule has 2 aromatic heterocycles. The molecule has 78 valence electrons. The fraction of sp³-hybridized carbons (Fsp3) is 0.444. The molecule has 1 saturated carbocycles. The molecule has 5 nitrogen and oxygen atoms in total. The first-order chi connectivity index (χ1) is 7.28. The number of nitrogens with zero attached hydrogens (tertiary/aromatic N) is 4. The summed E-state index contributed by atoms with van der Waals surface area (Å²) >= 11 is 6.07. The normalized spacial score (nSPS) is 15.9. The highest BCUT2D eigenvalue weighted by atomic mass is 35.5. The first-order valence-corrected chi connectivity index (χ1v) is 5.13. The van der Waals surface area contributed by atoms with Gasteiger partial charge in [0.15, 0.2) is 0 Å². The summed E-state index contributed by atoms with van der Waals surface area (Å²) in [7, 11) is 1.52. The topological polar surface area (TPSA) is 52.3 Å². The molecule has 0 spiro atoms. The minimum absolute atomic E-state index is 0.289. The van der Waals surface area contributed by atoms with Gasteiger partial charge in [0.05, 0.1) is 12.8 Å². The van der Waals surface area contributed by atoms with Crippen molar-refractivity contribution in [2.24, 2.45) is 0 Å². The van der Waals surface area contributed by atoms with E-state index in [1.54, 1.807) is 0 Å². The fourth-order valence-corrected chi connectivity index (χ4v) is 1.73. The lowest BCUT2D eigenvalue weighted by Crippen LogP contribution is -1.96. The fourth-order valence-electron chi connectivity index (χ4n) is 1.51. The Balaban J connectivity index is 2.20. The van der Waals surface area contributed by atoms with E-state index in [0.29, 0.717) is 16.8 Å². The van der Waals surface area contributed by atoms with Gasteiger partial charge in [-0.25, -0.2) is 4.98 Å². The van der Waals surface area contributed by atoms with Crippen molar-refractivity contribution in [2.75, 3.05) is 7.11 Å². The molecule has 1 aliphatic rings. The first kappa shape index (κ1) is 8.91. The van der Waals surface area contributed by atoms with Gasteiger partial charge in [-0.2, -0.15) is 9.50 Å². The Hall–Kier alpha value is -1.36. The van der Waals surface area contributed by atoms with Gasteiger partial charge >= 0.3 is 6.01 Å². The number of methoxy groups -OCH3 is 1. The third kappa shape index (κ3) is 1.43. The summed E-state index contributed by atoms with van der Waals surface area (Å²) in [5.41, 5.74) is 1.00. The Kier molecular flexibility index (Phi) is 1.82. The summed E-state index contributed by atoms with van der Waals surface area (Å²) in [6.45, 7) is 0. The standard InChI is InChI=1S/C9H9ClN4O/c1-15-9-12-8-11-6(5-2-3-5)4-7(10)14(8)13-9/h4-5H,2-3H2,1H3. The van der Waals surface area contributed by atoms with Gasteiger partial charge in [0.25, 0.3) is 5.78 Å². The molecule has 0 atom stereocenters. The third-order valence-corrected chi connectivity index (χ3v) is 2.72. The summed E-state index contributed by atoms with van der Waals surface area (Å²) in [5.74, 6) is 1.05. The zero-order chi connectivity index (χ0) is 10.4. The van der Waals surface area contributed by atoms with Gasteiger partial charge in [0, 0.05) is 5.92 Å². The van der Waals surface area contributed by atoms with Gasteiger partial charge in [0.2, 0.25) is 0 Å². The number of hydrogen-bond donors (Lipinski definition) is 0. The van der Waals surface area contributed by atoms with E-state index >= 15 is 0 Å². The molecule has 1 fully saturated rings. The molecule has 0 bridgehead atoms. The maximum atomic E-state index is 6.07. The minimum Gasteiger partial charge on any atom is -0.466 e. The molecule has 2 heterocycles. The highest BCUT2D eigenvalue weighted by Gasteiger charge is 2.26. The zero-order valence-electron chi connectivity index (χ0n) is 8.14. The average Bonchev–Trinajstić information content (AvgIpc) is 2.98. The summed E-state index contributed by atoms with van der Waals surface area (Å²) in [6, 6.07) is 2.14. The van der Waals surface area contributed by atoms with Gasteiger partial charge in [-0.05, 0) is 18.9 Å². The number of ether oxygens (including phenoxy) is 1. The molecule has 0 N–H and O–H groups in total. The van der Waals surface area contributed by atoms with Gasteiger partial charge in [-0.3, -0.25) is 0 Å². The maximum Gasteiger partial charge on any atom is 0.337 e. The van der Waals surface area contributed by atoms with E-state index in [1.165, 1.54) is 24.5 Å². The number of aromatic nitrogens is 4. The van der Waals surface area contributed by atoms with E-state index in [-0.39, 0.29) is 6.01 Å². The van der Waals surface area contributed by atoms with Crippen LogP contribution in [0.5, 0.6) is 6.01 Å². The van der Waals surface area contributed by atoms with Crippen molar-refractivity contribution >= 4 is 17.4 Å². The van der Waals surface area contributed by atoms with Crippen molar-refractivity contribution in [1.29, 1.82) is 0 Å². The van der Waals surface area contributed by atoms with Crippen LogP contribution in [0.25, 0.3) is 5.78 Å². The molecule has 2 aromatic rings. The molecule has 15 heavy (non-hydrogen) atoms. The SMILES string of the molecule is COc1nc2nc(C3CC3)cc(Cl)n2n1. The molecule has 0 aromatic carbocycles. The van der Waals surface area contributed by atoms with E-state index in [4.69, 9.17) is 16.3 Å². The molecule has 0 radical (unpaired) electrons. The van der Waals surface area contributed by atoms with Gasteiger partial charge in [-0.1, -0.05) is 11.6 Å². The molecule has 6 heteroatoms. The Morgan fingerprint density at radius 3 is 2.93 bits per heavy atom. The van der Waals surface area contributed by atoms with Crippen molar-refractivity contribution in [2.45, 2.75) is 18.8 Å². The van der Waals surface area contributed by atoms with Crippen LogP contribution in [0.2, 0.25) is 5.15 Å². The zero-order valence-corrected chi connectivity index (χ0v) is 8.90. The molecular formula is C9H9ClN4O. The second-order valence-electron chi connectivity index (χ2n) is 3.59. The molecule has 0 aliphatic heterocycles. The second kappa shape index (κ2) is 3.06. The lowest BCUT2D eigenvalue weighted by molar-refractivity contribution is 0.380. The number of rotatable bonds is 2. The summed E-state index contributed by atoms with van der Waals surface area (Å²) in [6.07, 6.45) is 2.37. The summed E-state index contributed by atoms with van der Waals surface area (Å²) in [4.78, 5) is 8.49. The molecule has 3 rings (SSSR count). The van der Waals surface area contributed by atoms with Gasteiger partial charge in [-0.15, -0.1) is 5.10 Å². The average molecular weight is 225 g/mol. The van der Waals surface area contributed by atoms with E-state index in [9.17, 15) is 0 Å². The van der Waals surface area contributed by atoms with Crippen LogP contribution in [0.15, 0.2) is 6.07 Å². The molecular weight excluding hydrogens is 216 g/mol. The van der Waals surface area contributed by atoms with E-state index in [1.807, 2.05) is 6.07 Å². The molecule has 0 saturated heterocycles. The second-order valence-corrected chi connectivity index (χ2v) is 3.98. The van der Waals surface area contributed by atoms with Crippen molar-refractivity contribution < 1.29 is 4.74 Å². The predicted molar refractivity (Wildman–Crippen MR) is 54.3 cm³/mol. The van der Waals surface area contributed by atoms with Crippen LogP contribution in [0, 0.1) is 0 Å². The van der Waals surface area contributed by atoms with Crippen LogP contribution < -0.4 is 4.74 Å². The summed E-state index contributed by atoms with van der Waals surface area (Å²) < 4.78 is 6.41. The van der Waals surface area contributed by atoms with Gasteiger partial charge in [0.1, 0.15) is 5.15 Å². The Morgan fingerprint density at radius 1 is 1.47 bits per heavy atom. The largest absolute Gasteiger partial charge is 0.466 e. The number of halogens is 1. The van der Waals surface area contributed by atoms with Crippen molar-refractivity contribution in [3.8, 4) is 6.01 Å². The van der Waals surface area contributed by atoms with Crippen molar-refractivity contribution in [3.05, 3.63) is 16.9 Å². The summed E-state index contributed by atoms with van der Waals surface area (Å²) in [5, 5.41) is 4.57. The quantitative estimate of drug-likeness (QED) is 0.728. The first-order valence-electron chi connectivity index (χ1n) is 4.75.